The zero-order chi connectivity index (χ0) is 13.4. The average molecular weight is 253 g/mol. The molecule has 0 fully saturated rings. The monoisotopic (exact) mass is 253 g/mol. The van der Waals surface area contributed by atoms with E-state index < -0.39 is 0 Å². The zero-order valence-electron chi connectivity index (χ0n) is 11.0. The number of benzene rings is 2. The fourth-order valence-electron chi connectivity index (χ4n) is 2.64. The van der Waals surface area contributed by atoms with Gasteiger partial charge in [-0.25, -0.2) is 0 Å². The molecule has 0 aromatic heterocycles. The second-order valence-corrected chi connectivity index (χ2v) is 4.68. The summed E-state index contributed by atoms with van der Waals surface area (Å²) in [6.45, 7) is 0. The summed E-state index contributed by atoms with van der Waals surface area (Å²) in [4.78, 5) is 14.0. The van der Waals surface area contributed by atoms with Gasteiger partial charge in [0.05, 0.1) is 13.2 Å². The van der Waals surface area contributed by atoms with E-state index in [1.165, 1.54) is 0 Å². The molecule has 1 heterocycles. The summed E-state index contributed by atoms with van der Waals surface area (Å²) >= 11 is 0. The third-order valence-electron chi connectivity index (χ3n) is 3.61. The number of hydrogen-bond donors (Lipinski definition) is 0. The molecule has 0 bridgehead atoms. The van der Waals surface area contributed by atoms with Crippen LogP contribution in [0.1, 0.15) is 27.5 Å². The molecule has 0 radical (unpaired) electrons. The number of nitrogens with zero attached hydrogens (tertiary/aromatic N) is 1. The molecule has 1 aliphatic heterocycles. The van der Waals surface area contributed by atoms with Gasteiger partial charge in [0.15, 0.2) is 0 Å². The third kappa shape index (κ3) is 1.78. The molecule has 1 amide bonds. The van der Waals surface area contributed by atoms with Crippen LogP contribution in [0.4, 0.5) is 0 Å². The van der Waals surface area contributed by atoms with Crippen LogP contribution in [0, 0.1) is 0 Å². The minimum absolute atomic E-state index is 0.0289. The van der Waals surface area contributed by atoms with E-state index in [-0.39, 0.29) is 11.9 Å². The Hall–Kier alpha value is -2.29. The maximum absolute atomic E-state index is 12.3. The number of amides is 1. The van der Waals surface area contributed by atoms with Crippen molar-refractivity contribution in [1.29, 1.82) is 0 Å². The number of carbonyl (C=O) groups is 1. The van der Waals surface area contributed by atoms with Crippen LogP contribution in [0.5, 0.6) is 5.75 Å². The standard InChI is InChI=1S/C16H15NO2/c1-17-15(11-6-4-3-5-7-11)14-10-12(19-2)8-9-13(14)16(17)18/h3-10,15H,1-2H3. The summed E-state index contributed by atoms with van der Waals surface area (Å²) in [5.41, 5.74) is 2.89. The highest BCUT2D eigenvalue weighted by Gasteiger charge is 2.35. The lowest BCUT2D eigenvalue weighted by Gasteiger charge is -2.21. The summed E-state index contributed by atoms with van der Waals surface area (Å²) in [5, 5.41) is 0. The first-order valence-electron chi connectivity index (χ1n) is 6.22. The molecular formula is C16H15NO2. The highest BCUT2D eigenvalue weighted by Crippen LogP contribution is 2.38. The van der Waals surface area contributed by atoms with Gasteiger partial charge >= 0.3 is 0 Å². The van der Waals surface area contributed by atoms with Crippen LogP contribution in [0.2, 0.25) is 0 Å². The highest BCUT2D eigenvalue weighted by atomic mass is 16.5. The molecule has 0 spiro atoms. The Morgan fingerprint density at radius 3 is 2.53 bits per heavy atom. The summed E-state index contributed by atoms with van der Waals surface area (Å²) in [5.74, 6) is 0.842. The van der Waals surface area contributed by atoms with Crippen LogP contribution in [-0.2, 0) is 0 Å². The van der Waals surface area contributed by atoms with Crippen molar-refractivity contribution in [1.82, 2.24) is 4.90 Å². The molecule has 96 valence electrons. The maximum Gasteiger partial charge on any atom is 0.254 e. The lowest BCUT2D eigenvalue weighted by Crippen LogP contribution is -2.23. The molecule has 0 aliphatic carbocycles. The van der Waals surface area contributed by atoms with Crippen molar-refractivity contribution in [2.45, 2.75) is 6.04 Å². The zero-order valence-corrected chi connectivity index (χ0v) is 11.0. The smallest absolute Gasteiger partial charge is 0.254 e. The molecule has 1 aliphatic rings. The second-order valence-electron chi connectivity index (χ2n) is 4.68. The van der Waals surface area contributed by atoms with Gasteiger partial charge in [0.1, 0.15) is 5.75 Å². The molecule has 2 aromatic carbocycles. The Balaban J connectivity index is 2.15. The second kappa shape index (κ2) is 4.43. The van der Waals surface area contributed by atoms with Gasteiger partial charge in [0, 0.05) is 12.6 Å². The van der Waals surface area contributed by atoms with Crippen LogP contribution in [0.3, 0.4) is 0 Å². The maximum atomic E-state index is 12.3. The van der Waals surface area contributed by atoms with E-state index in [1.54, 1.807) is 12.0 Å². The van der Waals surface area contributed by atoms with Crippen molar-refractivity contribution in [3.63, 3.8) is 0 Å². The predicted octanol–water partition coefficient (Wildman–Crippen LogP) is 2.87. The van der Waals surface area contributed by atoms with Crippen molar-refractivity contribution in [2.75, 3.05) is 14.2 Å². The molecule has 1 atom stereocenters. The van der Waals surface area contributed by atoms with Crippen molar-refractivity contribution in [3.8, 4) is 5.75 Å². The molecule has 1 unspecified atom stereocenters. The number of carbonyl (C=O) groups excluding carboxylic acids is 1. The summed E-state index contributed by atoms with van der Waals surface area (Å²) < 4.78 is 5.26. The van der Waals surface area contributed by atoms with Crippen LogP contribution in [0.25, 0.3) is 0 Å². The number of methoxy groups -OCH3 is 1. The molecular weight excluding hydrogens is 238 g/mol. The van der Waals surface area contributed by atoms with Crippen LogP contribution >= 0.6 is 0 Å². The Morgan fingerprint density at radius 2 is 1.84 bits per heavy atom. The molecule has 0 N–H and O–H groups in total. The largest absolute Gasteiger partial charge is 0.497 e. The molecule has 2 aromatic rings. The van der Waals surface area contributed by atoms with Crippen LogP contribution < -0.4 is 4.74 Å². The third-order valence-corrected chi connectivity index (χ3v) is 3.61. The van der Waals surface area contributed by atoms with E-state index in [9.17, 15) is 4.79 Å². The minimum Gasteiger partial charge on any atom is -0.497 e. The van der Waals surface area contributed by atoms with E-state index in [0.29, 0.717) is 0 Å². The van der Waals surface area contributed by atoms with Crippen LogP contribution in [0.15, 0.2) is 48.5 Å². The van der Waals surface area contributed by atoms with Crippen molar-refractivity contribution >= 4 is 5.91 Å². The van der Waals surface area contributed by atoms with Crippen molar-refractivity contribution < 1.29 is 9.53 Å². The van der Waals surface area contributed by atoms with Gasteiger partial charge in [-0.2, -0.15) is 0 Å². The van der Waals surface area contributed by atoms with E-state index >= 15 is 0 Å². The van der Waals surface area contributed by atoms with Gasteiger partial charge in [-0.3, -0.25) is 4.79 Å². The molecule has 3 rings (SSSR count). The minimum atomic E-state index is -0.0289. The molecule has 0 saturated carbocycles. The fourth-order valence-corrected chi connectivity index (χ4v) is 2.64. The van der Waals surface area contributed by atoms with E-state index in [2.05, 4.69) is 0 Å². The van der Waals surface area contributed by atoms with Gasteiger partial charge in [-0.1, -0.05) is 30.3 Å². The predicted molar refractivity (Wildman–Crippen MR) is 73.4 cm³/mol. The Morgan fingerprint density at radius 1 is 1.11 bits per heavy atom. The molecule has 3 heteroatoms. The van der Waals surface area contributed by atoms with Gasteiger partial charge in [0.2, 0.25) is 0 Å². The molecule has 3 nitrogen and oxygen atoms in total. The first-order valence-corrected chi connectivity index (χ1v) is 6.22. The lowest BCUT2D eigenvalue weighted by atomic mass is 9.98. The fraction of sp³-hybridized carbons (Fsp3) is 0.188. The van der Waals surface area contributed by atoms with E-state index in [0.717, 1.165) is 22.4 Å². The Bertz CT molecular complexity index is 622. The molecule has 19 heavy (non-hydrogen) atoms. The number of rotatable bonds is 2. The summed E-state index contributed by atoms with van der Waals surface area (Å²) in [6, 6.07) is 15.7. The number of ether oxygens (including phenoxy) is 1. The van der Waals surface area contributed by atoms with E-state index in [4.69, 9.17) is 4.74 Å². The van der Waals surface area contributed by atoms with Crippen LogP contribution in [-0.4, -0.2) is 25.0 Å². The summed E-state index contributed by atoms with van der Waals surface area (Å²) in [6.07, 6.45) is 0. The van der Waals surface area contributed by atoms with Gasteiger partial charge < -0.3 is 9.64 Å². The Kier molecular flexibility index (Phi) is 2.75. The normalized spacial score (nSPS) is 17.5. The average Bonchev–Trinajstić information content (AvgIpc) is 2.71. The van der Waals surface area contributed by atoms with E-state index in [1.807, 2.05) is 55.6 Å². The molecule has 0 saturated heterocycles. The van der Waals surface area contributed by atoms with Crippen molar-refractivity contribution in [3.05, 3.63) is 65.2 Å². The van der Waals surface area contributed by atoms with Crippen molar-refractivity contribution in [2.24, 2.45) is 0 Å². The first kappa shape index (κ1) is 11.8. The quantitative estimate of drug-likeness (QED) is 0.823. The first-order chi connectivity index (χ1) is 9.22. The van der Waals surface area contributed by atoms with Gasteiger partial charge in [-0.15, -0.1) is 0 Å². The van der Waals surface area contributed by atoms with Gasteiger partial charge in [-0.05, 0) is 29.3 Å². The SMILES string of the molecule is COc1ccc2c(c1)C(c1ccccc1)N(C)C2=O. The lowest BCUT2D eigenvalue weighted by molar-refractivity contribution is 0.0793. The number of hydrogen-bond acceptors (Lipinski definition) is 2. The summed E-state index contributed by atoms with van der Waals surface area (Å²) in [7, 11) is 3.48. The highest BCUT2D eigenvalue weighted by molar-refractivity contribution is 5.99. The topological polar surface area (TPSA) is 29.5 Å². The van der Waals surface area contributed by atoms with Gasteiger partial charge in [0.25, 0.3) is 5.91 Å². The number of fused-ring (bicyclic) bond motifs is 1. The Labute approximate surface area is 112 Å².